The van der Waals surface area contributed by atoms with Gasteiger partial charge in [0.2, 0.25) is 15.9 Å². The maximum Gasteiger partial charge on any atom is 0.243 e. The number of sulfonamides is 1. The maximum absolute atomic E-state index is 12.9. The molecule has 1 saturated carbocycles. The molecule has 0 radical (unpaired) electrons. The van der Waals surface area contributed by atoms with Crippen molar-refractivity contribution in [3.8, 4) is 11.5 Å². The van der Waals surface area contributed by atoms with Gasteiger partial charge in [0.1, 0.15) is 0 Å². The Hall–Kier alpha value is -2.58. The van der Waals surface area contributed by atoms with E-state index in [2.05, 4.69) is 5.32 Å². The van der Waals surface area contributed by atoms with E-state index < -0.39 is 10.0 Å². The first-order valence-electron chi connectivity index (χ1n) is 11.6. The molecule has 0 bridgehead atoms. The number of anilines is 1. The Morgan fingerprint density at radius 1 is 0.970 bits per heavy atom. The molecule has 0 unspecified atom stereocenters. The minimum Gasteiger partial charge on any atom is -0.493 e. The average Bonchev–Trinajstić information content (AvgIpc) is 3.33. The Kier molecular flexibility index (Phi) is 7.24. The van der Waals surface area contributed by atoms with Crippen molar-refractivity contribution < 1.29 is 22.7 Å². The number of piperidine rings is 1. The van der Waals surface area contributed by atoms with E-state index in [4.69, 9.17) is 9.47 Å². The molecule has 7 nitrogen and oxygen atoms in total. The zero-order valence-corrected chi connectivity index (χ0v) is 20.1. The summed E-state index contributed by atoms with van der Waals surface area (Å²) in [5, 5.41) is 2.98. The normalized spacial score (nSPS) is 18.2. The monoisotopic (exact) mass is 472 g/mol. The van der Waals surface area contributed by atoms with Gasteiger partial charge in [-0.2, -0.15) is 4.31 Å². The number of carbonyl (C=O) groups excluding carboxylic acids is 1. The lowest BCUT2D eigenvalue weighted by atomic mass is 9.97. The fraction of sp³-hybridized carbons (Fsp3) is 0.480. The van der Waals surface area contributed by atoms with Crippen LogP contribution in [0.1, 0.15) is 44.1 Å². The van der Waals surface area contributed by atoms with Crippen LogP contribution in [0.2, 0.25) is 0 Å². The number of hydrogen-bond donors (Lipinski definition) is 1. The van der Waals surface area contributed by atoms with Crippen LogP contribution in [-0.2, 0) is 14.8 Å². The maximum atomic E-state index is 12.9. The summed E-state index contributed by atoms with van der Waals surface area (Å²) in [6.07, 6.45) is 5.55. The number of aryl methyl sites for hydroxylation is 1. The molecule has 0 atom stereocenters. The summed E-state index contributed by atoms with van der Waals surface area (Å²) in [4.78, 5) is 13.2. The number of amides is 1. The molecule has 1 N–H and O–H groups in total. The standard InChI is InChI=1S/C25H32N2O5S/c1-18-7-10-22(11-8-18)33(29,30)27-15-13-19(14-16-27)25(28)26-20-9-12-23(31-2)24(17-20)32-21-5-3-4-6-21/h7-12,17,19,21H,3-6,13-16H2,1-2H3,(H,26,28). The number of ether oxygens (including phenoxy) is 2. The molecule has 0 spiro atoms. The summed E-state index contributed by atoms with van der Waals surface area (Å²) in [7, 11) is -1.94. The fourth-order valence-corrected chi connectivity index (χ4v) is 5.96. The molecule has 0 aromatic heterocycles. The molecule has 1 aliphatic heterocycles. The molecule has 2 fully saturated rings. The van der Waals surface area contributed by atoms with Gasteiger partial charge < -0.3 is 14.8 Å². The van der Waals surface area contributed by atoms with Gasteiger partial charge >= 0.3 is 0 Å². The predicted molar refractivity (Wildman–Crippen MR) is 127 cm³/mol. The summed E-state index contributed by atoms with van der Waals surface area (Å²) in [5.41, 5.74) is 1.67. The van der Waals surface area contributed by atoms with Crippen LogP contribution in [0, 0.1) is 12.8 Å². The van der Waals surface area contributed by atoms with E-state index in [0.717, 1.165) is 18.4 Å². The second-order valence-electron chi connectivity index (χ2n) is 8.87. The van der Waals surface area contributed by atoms with Crippen molar-refractivity contribution in [3.63, 3.8) is 0 Å². The van der Waals surface area contributed by atoms with Gasteiger partial charge in [0.05, 0.1) is 18.1 Å². The Bertz CT molecular complexity index is 1070. The summed E-state index contributed by atoms with van der Waals surface area (Å²) in [6, 6.07) is 12.3. The molecule has 2 aromatic rings. The summed E-state index contributed by atoms with van der Waals surface area (Å²) in [6.45, 7) is 2.58. The van der Waals surface area contributed by atoms with E-state index in [0.29, 0.717) is 48.0 Å². The van der Waals surface area contributed by atoms with Crippen molar-refractivity contribution in [3.05, 3.63) is 48.0 Å². The lowest BCUT2D eigenvalue weighted by Gasteiger charge is -2.30. The predicted octanol–water partition coefficient (Wildman–Crippen LogP) is 4.36. The third-order valence-corrected chi connectivity index (χ3v) is 8.42. The van der Waals surface area contributed by atoms with Gasteiger partial charge in [-0.15, -0.1) is 0 Å². The second kappa shape index (κ2) is 10.1. The third-order valence-electron chi connectivity index (χ3n) is 6.51. The molecule has 2 aromatic carbocycles. The lowest BCUT2D eigenvalue weighted by Crippen LogP contribution is -2.41. The molecule has 1 amide bonds. The first-order valence-corrected chi connectivity index (χ1v) is 13.0. The van der Waals surface area contributed by atoms with Crippen LogP contribution in [0.5, 0.6) is 11.5 Å². The van der Waals surface area contributed by atoms with Crippen molar-refractivity contribution >= 4 is 21.6 Å². The lowest BCUT2D eigenvalue weighted by molar-refractivity contribution is -0.120. The van der Waals surface area contributed by atoms with Gasteiger partial charge in [-0.1, -0.05) is 17.7 Å². The quantitative estimate of drug-likeness (QED) is 0.647. The van der Waals surface area contributed by atoms with Crippen molar-refractivity contribution in [2.24, 2.45) is 5.92 Å². The number of nitrogens with zero attached hydrogens (tertiary/aromatic N) is 1. The van der Waals surface area contributed by atoms with Crippen LogP contribution in [-0.4, -0.2) is 44.9 Å². The fourth-order valence-electron chi connectivity index (χ4n) is 4.49. The number of benzene rings is 2. The Morgan fingerprint density at radius 3 is 2.27 bits per heavy atom. The zero-order valence-electron chi connectivity index (χ0n) is 19.2. The number of methoxy groups -OCH3 is 1. The minimum atomic E-state index is -3.54. The Balaban J connectivity index is 1.36. The van der Waals surface area contributed by atoms with E-state index in [1.807, 2.05) is 13.0 Å². The van der Waals surface area contributed by atoms with Gasteiger partial charge in [-0.25, -0.2) is 8.42 Å². The minimum absolute atomic E-state index is 0.0978. The van der Waals surface area contributed by atoms with E-state index in [1.165, 1.54) is 17.1 Å². The molecule has 8 heteroatoms. The molecular weight excluding hydrogens is 440 g/mol. The van der Waals surface area contributed by atoms with E-state index in [9.17, 15) is 13.2 Å². The van der Waals surface area contributed by atoms with E-state index in [-0.39, 0.29) is 17.9 Å². The first kappa shape index (κ1) is 23.6. The number of hydrogen-bond acceptors (Lipinski definition) is 5. The third kappa shape index (κ3) is 5.50. The van der Waals surface area contributed by atoms with Crippen molar-refractivity contribution in [2.45, 2.75) is 56.4 Å². The number of carbonyl (C=O) groups is 1. The van der Waals surface area contributed by atoms with Crippen LogP contribution in [0.15, 0.2) is 47.4 Å². The SMILES string of the molecule is COc1ccc(NC(=O)C2CCN(S(=O)(=O)c3ccc(C)cc3)CC2)cc1OC1CCCC1. The van der Waals surface area contributed by atoms with Crippen molar-refractivity contribution in [1.29, 1.82) is 0 Å². The number of nitrogens with one attached hydrogen (secondary N) is 1. The second-order valence-corrected chi connectivity index (χ2v) is 10.8. The molecule has 1 heterocycles. The summed E-state index contributed by atoms with van der Waals surface area (Å²) < 4.78 is 38.8. The van der Waals surface area contributed by atoms with Crippen LogP contribution >= 0.6 is 0 Å². The van der Waals surface area contributed by atoms with Gasteiger partial charge in [-0.3, -0.25) is 4.79 Å². The van der Waals surface area contributed by atoms with E-state index in [1.54, 1.807) is 43.5 Å². The highest BCUT2D eigenvalue weighted by Crippen LogP contribution is 2.34. The van der Waals surface area contributed by atoms with Gasteiger partial charge in [0.15, 0.2) is 11.5 Å². The molecule has 1 saturated heterocycles. The smallest absolute Gasteiger partial charge is 0.243 e. The molecule has 4 rings (SSSR count). The topological polar surface area (TPSA) is 84.9 Å². The van der Waals surface area contributed by atoms with Crippen LogP contribution in [0.25, 0.3) is 0 Å². The summed E-state index contributed by atoms with van der Waals surface area (Å²) in [5.74, 6) is 0.950. The van der Waals surface area contributed by atoms with Crippen LogP contribution < -0.4 is 14.8 Å². The van der Waals surface area contributed by atoms with Crippen LogP contribution in [0.4, 0.5) is 5.69 Å². The average molecular weight is 473 g/mol. The molecule has 178 valence electrons. The van der Waals surface area contributed by atoms with Gasteiger partial charge in [0, 0.05) is 30.8 Å². The van der Waals surface area contributed by atoms with Crippen molar-refractivity contribution in [2.75, 3.05) is 25.5 Å². The highest BCUT2D eigenvalue weighted by molar-refractivity contribution is 7.89. The van der Waals surface area contributed by atoms with E-state index >= 15 is 0 Å². The molecule has 2 aliphatic rings. The number of rotatable bonds is 7. The molecular formula is C25H32N2O5S. The van der Waals surface area contributed by atoms with Gasteiger partial charge in [0.25, 0.3) is 0 Å². The summed E-state index contributed by atoms with van der Waals surface area (Å²) >= 11 is 0. The molecule has 1 aliphatic carbocycles. The molecule has 33 heavy (non-hydrogen) atoms. The highest BCUT2D eigenvalue weighted by Gasteiger charge is 2.32. The highest BCUT2D eigenvalue weighted by atomic mass is 32.2. The Morgan fingerprint density at radius 2 is 1.64 bits per heavy atom. The van der Waals surface area contributed by atoms with Gasteiger partial charge in [-0.05, 0) is 69.7 Å². The van der Waals surface area contributed by atoms with Crippen LogP contribution in [0.3, 0.4) is 0 Å². The Labute approximate surface area is 196 Å². The zero-order chi connectivity index (χ0) is 23.4. The largest absolute Gasteiger partial charge is 0.493 e. The van der Waals surface area contributed by atoms with Crippen molar-refractivity contribution in [1.82, 2.24) is 4.31 Å². The first-order chi connectivity index (χ1) is 15.9.